The van der Waals surface area contributed by atoms with Crippen LogP contribution in [0.3, 0.4) is 0 Å². The van der Waals surface area contributed by atoms with Crippen LogP contribution in [0.5, 0.6) is 11.5 Å². The molecule has 4 rings (SSSR count). The Balaban J connectivity index is 1.89. The van der Waals surface area contributed by atoms with Crippen molar-refractivity contribution in [2.75, 3.05) is 13.7 Å². The molecule has 41 heavy (non-hydrogen) atoms. The highest BCUT2D eigenvalue weighted by Crippen LogP contribution is 2.59. The van der Waals surface area contributed by atoms with E-state index in [0.29, 0.717) is 0 Å². The Bertz CT molecular complexity index is 1410. The molecule has 0 radical (unpaired) electrons. The van der Waals surface area contributed by atoms with E-state index in [1.807, 2.05) is 6.07 Å². The Hall–Kier alpha value is -3.73. The first-order valence-corrected chi connectivity index (χ1v) is 13.0. The monoisotopic (exact) mass is 579 g/mol. The summed E-state index contributed by atoms with van der Waals surface area (Å²) in [4.78, 5) is 17.3. The van der Waals surface area contributed by atoms with E-state index in [2.05, 4.69) is 4.98 Å². The van der Waals surface area contributed by atoms with E-state index in [1.165, 1.54) is 26.0 Å². The fourth-order valence-electron chi connectivity index (χ4n) is 5.18. The molecule has 1 aromatic heterocycles. The van der Waals surface area contributed by atoms with E-state index in [9.17, 15) is 26.7 Å². The fraction of sp³-hybridized carbons (Fsp3) is 0.400. The number of esters is 1. The Morgan fingerprint density at radius 2 is 1.80 bits per heavy atom. The van der Waals surface area contributed by atoms with Crippen LogP contribution in [0.1, 0.15) is 65.7 Å². The molecule has 11 heteroatoms. The topological polar surface area (TPSA) is 66.9 Å². The Kier molecular flexibility index (Phi) is 8.58. The molecule has 0 N–H and O–H groups in total. The van der Waals surface area contributed by atoms with Crippen molar-refractivity contribution in [1.29, 1.82) is 0 Å². The number of alkyl halides is 3. The molecule has 2 heterocycles. The van der Waals surface area contributed by atoms with Crippen molar-refractivity contribution in [3.63, 3.8) is 0 Å². The molecule has 0 spiro atoms. The quantitative estimate of drug-likeness (QED) is 0.207. The van der Waals surface area contributed by atoms with Crippen molar-refractivity contribution in [1.82, 2.24) is 4.98 Å². The van der Waals surface area contributed by atoms with E-state index in [-0.39, 0.29) is 41.5 Å². The summed E-state index contributed by atoms with van der Waals surface area (Å²) in [6, 6.07) is 12.4. The molecule has 0 aliphatic carbocycles. The highest BCUT2D eigenvalue weighted by atomic mass is 19.4. The average molecular weight is 580 g/mol. The molecular weight excluding hydrogens is 549 g/mol. The van der Waals surface area contributed by atoms with Gasteiger partial charge in [-0.1, -0.05) is 43.3 Å². The number of methoxy groups -OCH3 is 1. The van der Waals surface area contributed by atoms with Gasteiger partial charge in [-0.25, -0.2) is 9.18 Å². The van der Waals surface area contributed by atoms with Gasteiger partial charge in [-0.2, -0.15) is 17.6 Å². The third-order valence-electron chi connectivity index (χ3n) is 7.50. The Morgan fingerprint density at radius 3 is 2.41 bits per heavy atom. The van der Waals surface area contributed by atoms with Crippen molar-refractivity contribution in [2.45, 2.75) is 58.1 Å². The lowest BCUT2D eigenvalue weighted by Crippen LogP contribution is -2.46. The van der Waals surface area contributed by atoms with Gasteiger partial charge in [-0.15, -0.1) is 0 Å². The fourth-order valence-corrected chi connectivity index (χ4v) is 5.18. The molecule has 2 aromatic carbocycles. The predicted octanol–water partition coefficient (Wildman–Crippen LogP) is 7.24. The maximum Gasteiger partial charge on any atom is 0.417 e. The van der Waals surface area contributed by atoms with E-state index < -0.39 is 53.1 Å². The van der Waals surface area contributed by atoms with E-state index in [1.54, 1.807) is 31.2 Å². The van der Waals surface area contributed by atoms with Gasteiger partial charge in [-0.05, 0) is 32.4 Å². The summed E-state index contributed by atoms with van der Waals surface area (Å²) in [5.74, 6) is -6.21. The van der Waals surface area contributed by atoms with Gasteiger partial charge in [0.05, 0.1) is 25.1 Å². The second kappa shape index (κ2) is 11.6. The van der Waals surface area contributed by atoms with Gasteiger partial charge >= 0.3 is 12.1 Å². The summed E-state index contributed by atoms with van der Waals surface area (Å²) in [6.45, 7) is 5.47. The number of benzene rings is 2. The van der Waals surface area contributed by atoms with Gasteiger partial charge < -0.3 is 18.9 Å². The number of rotatable bonds is 8. The van der Waals surface area contributed by atoms with Gasteiger partial charge in [0.25, 0.3) is 0 Å². The minimum absolute atomic E-state index is 0.00946. The van der Waals surface area contributed by atoms with Crippen molar-refractivity contribution < 1.29 is 45.7 Å². The zero-order valence-electron chi connectivity index (χ0n) is 23.1. The van der Waals surface area contributed by atoms with Crippen LogP contribution in [0, 0.1) is 24.5 Å². The number of pyridine rings is 1. The van der Waals surface area contributed by atoms with Gasteiger partial charge in [0, 0.05) is 23.5 Å². The number of hydrogen-bond donors (Lipinski definition) is 0. The van der Waals surface area contributed by atoms with Crippen molar-refractivity contribution in [2.24, 2.45) is 5.92 Å². The molecule has 4 atom stereocenters. The summed E-state index contributed by atoms with van der Waals surface area (Å²) in [6.07, 6.45) is -6.22. The van der Waals surface area contributed by atoms with E-state index in [0.717, 1.165) is 25.7 Å². The number of aromatic nitrogens is 1. The van der Waals surface area contributed by atoms with Gasteiger partial charge in [0.15, 0.2) is 17.2 Å². The summed E-state index contributed by atoms with van der Waals surface area (Å²) in [5.41, 5.74) is -1.76. The average Bonchev–Trinajstić information content (AvgIpc) is 3.20. The van der Waals surface area contributed by atoms with Crippen LogP contribution in [0.2, 0.25) is 0 Å². The minimum atomic E-state index is -4.82. The maximum atomic E-state index is 14.8. The predicted molar refractivity (Wildman–Crippen MR) is 139 cm³/mol. The number of nitrogens with zero attached hydrogens (tertiary/aromatic N) is 1. The third-order valence-corrected chi connectivity index (χ3v) is 7.50. The molecular formula is C30H30F5NO5. The molecule has 1 aliphatic heterocycles. The molecule has 0 amide bonds. The lowest BCUT2D eigenvalue weighted by molar-refractivity contribution is -0.275. The van der Waals surface area contributed by atoms with Crippen LogP contribution in [0.4, 0.5) is 22.0 Å². The zero-order chi connectivity index (χ0) is 30.1. The highest BCUT2D eigenvalue weighted by molar-refractivity contribution is 5.93. The highest BCUT2D eigenvalue weighted by Gasteiger charge is 2.65. The lowest BCUT2D eigenvalue weighted by Gasteiger charge is -2.32. The van der Waals surface area contributed by atoms with Gasteiger partial charge in [0.2, 0.25) is 5.82 Å². The Morgan fingerprint density at radius 1 is 1.12 bits per heavy atom. The van der Waals surface area contributed by atoms with Gasteiger partial charge in [-0.3, -0.25) is 4.98 Å². The number of hydrogen-bond acceptors (Lipinski definition) is 6. The van der Waals surface area contributed by atoms with Crippen molar-refractivity contribution in [3.8, 4) is 11.5 Å². The van der Waals surface area contributed by atoms with Crippen LogP contribution in [0.15, 0.2) is 48.5 Å². The van der Waals surface area contributed by atoms with Crippen LogP contribution in [0.25, 0.3) is 0 Å². The number of aryl methyl sites for hydroxylation is 1. The van der Waals surface area contributed by atoms with Crippen LogP contribution in [-0.2, 0) is 16.1 Å². The van der Waals surface area contributed by atoms with Crippen molar-refractivity contribution >= 4 is 5.97 Å². The second-order valence-electron chi connectivity index (χ2n) is 9.94. The maximum absolute atomic E-state index is 14.8. The zero-order valence-corrected chi connectivity index (χ0v) is 23.1. The number of ether oxygens (including phenoxy) is 4. The third kappa shape index (κ3) is 5.59. The summed E-state index contributed by atoms with van der Waals surface area (Å²) < 4.78 is 94.1. The largest absolute Gasteiger partial charge is 0.493 e. The molecule has 1 saturated heterocycles. The van der Waals surface area contributed by atoms with Crippen LogP contribution in [-0.4, -0.2) is 36.4 Å². The SMILES string of the molecule is CCOC(=O)c1c(OCc2ccccc2)cc([C@@H]2O[C@@](C)(C(F)(F)F)[C@@H](C)[C@H]2c2ccc(F)c(F)c2OC)nc1C. The number of carbonyl (C=O) groups excluding carboxylic acids is 1. The minimum Gasteiger partial charge on any atom is -0.493 e. The molecule has 0 saturated carbocycles. The molecule has 0 bridgehead atoms. The summed E-state index contributed by atoms with van der Waals surface area (Å²) in [7, 11) is 1.10. The molecule has 1 fully saturated rings. The van der Waals surface area contributed by atoms with Gasteiger partial charge in [0.1, 0.15) is 24.0 Å². The van der Waals surface area contributed by atoms with Crippen molar-refractivity contribution in [3.05, 3.63) is 88.2 Å². The number of halogens is 5. The van der Waals surface area contributed by atoms with Crippen LogP contribution < -0.4 is 9.47 Å². The first-order valence-electron chi connectivity index (χ1n) is 13.0. The second-order valence-corrected chi connectivity index (χ2v) is 9.94. The van der Waals surface area contributed by atoms with E-state index >= 15 is 0 Å². The first-order chi connectivity index (χ1) is 19.3. The van der Waals surface area contributed by atoms with E-state index in [4.69, 9.17) is 18.9 Å². The lowest BCUT2D eigenvalue weighted by atomic mass is 9.76. The number of carbonyl (C=O) groups is 1. The molecule has 6 nitrogen and oxygen atoms in total. The molecule has 1 aliphatic rings. The molecule has 3 aromatic rings. The molecule has 220 valence electrons. The van der Waals surface area contributed by atoms with Crippen LogP contribution >= 0.6 is 0 Å². The summed E-state index contributed by atoms with van der Waals surface area (Å²) in [5, 5.41) is 0. The normalized spacial score (nSPS) is 22.4. The summed E-state index contributed by atoms with van der Waals surface area (Å²) >= 11 is 0. The smallest absolute Gasteiger partial charge is 0.417 e. The molecule has 0 unspecified atom stereocenters. The first kappa shape index (κ1) is 30.2. The standard InChI is InChI=1S/C30H30F5NO5/c1-6-39-28(37)24-17(3)36-21(14-22(24)40-15-18-10-8-7-9-11-18)27-23(16(2)29(4,41-27)30(33,34)35)19-12-13-20(31)25(32)26(19)38-5/h7-14,16,23,27H,6,15H2,1-5H3/t16-,23-,27-,29+/m0/s1. The Labute approximate surface area is 234 Å².